The fourth-order valence-corrected chi connectivity index (χ4v) is 3.08. The van der Waals surface area contributed by atoms with Crippen molar-refractivity contribution < 1.29 is 9.47 Å². The van der Waals surface area contributed by atoms with Gasteiger partial charge >= 0.3 is 0 Å². The number of aryl methyl sites for hydroxylation is 2. The molecule has 0 amide bonds. The number of hydrogen-bond donors (Lipinski definition) is 1. The van der Waals surface area contributed by atoms with Gasteiger partial charge in [-0.15, -0.1) is 0 Å². The van der Waals surface area contributed by atoms with Crippen LogP contribution < -0.4 is 10.5 Å². The molecule has 0 aliphatic carbocycles. The summed E-state index contributed by atoms with van der Waals surface area (Å²) in [7, 11) is 1.74. The summed E-state index contributed by atoms with van der Waals surface area (Å²) in [6.45, 7) is 10.7. The third-order valence-electron chi connectivity index (χ3n) is 4.64. The quantitative estimate of drug-likeness (QED) is 0.908. The molecule has 106 valence electrons. The minimum Gasteiger partial charge on any atom is -0.496 e. The van der Waals surface area contributed by atoms with Crippen LogP contribution in [0.1, 0.15) is 30.5 Å². The van der Waals surface area contributed by atoms with Crippen LogP contribution in [0.25, 0.3) is 0 Å². The molecule has 19 heavy (non-hydrogen) atoms. The van der Waals surface area contributed by atoms with Gasteiger partial charge in [0.25, 0.3) is 0 Å². The summed E-state index contributed by atoms with van der Waals surface area (Å²) in [5.74, 6) is 0.960. The van der Waals surface area contributed by atoms with Gasteiger partial charge in [0.1, 0.15) is 5.75 Å². The Bertz CT molecular complexity index is 476. The van der Waals surface area contributed by atoms with Crippen molar-refractivity contribution in [1.29, 1.82) is 0 Å². The molecular weight excluding hydrogens is 238 g/mol. The Labute approximate surface area is 116 Å². The van der Waals surface area contributed by atoms with E-state index in [4.69, 9.17) is 15.2 Å². The molecule has 1 aliphatic rings. The predicted octanol–water partition coefficient (Wildman–Crippen LogP) is 2.56. The first kappa shape index (κ1) is 14.4. The highest BCUT2D eigenvalue weighted by molar-refractivity contribution is 5.50. The van der Waals surface area contributed by atoms with Gasteiger partial charge < -0.3 is 15.2 Å². The summed E-state index contributed by atoms with van der Waals surface area (Å²) < 4.78 is 11.2. The SMILES string of the molecule is COc1cc(C)cc(C)c1C1(C(C)(C)CN)COC1. The zero-order chi connectivity index (χ0) is 14.3. The minimum atomic E-state index is -0.0368. The van der Waals surface area contributed by atoms with E-state index >= 15 is 0 Å². The molecule has 1 saturated heterocycles. The van der Waals surface area contributed by atoms with Gasteiger partial charge in [-0.2, -0.15) is 0 Å². The summed E-state index contributed by atoms with van der Waals surface area (Å²) in [5.41, 5.74) is 9.71. The molecule has 3 nitrogen and oxygen atoms in total. The van der Waals surface area contributed by atoms with Crippen LogP contribution in [0.2, 0.25) is 0 Å². The van der Waals surface area contributed by atoms with Crippen LogP contribution >= 0.6 is 0 Å². The molecule has 0 saturated carbocycles. The molecule has 1 fully saturated rings. The van der Waals surface area contributed by atoms with Crippen LogP contribution in [0.4, 0.5) is 0 Å². The lowest BCUT2D eigenvalue weighted by molar-refractivity contribution is -0.117. The van der Waals surface area contributed by atoms with E-state index in [2.05, 4.69) is 39.8 Å². The lowest BCUT2D eigenvalue weighted by Gasteiger charge is -2.53. The van der Waals surface area contributed by atoms with Gasteiger partial charge in [-0.3, -0.25) is 0 Å². The first-order valence-corrected chi connectivity index (χ1v) is 6.81. The summed E-state index contributed by atoms with van der Waals surface area (Å²) in [6, 6.07) is 4.32. The van der Waals surface area contributed by atoms with E-state index in [9.17, 15) is 0 Å². The van der Waals surface area contributed by atoms with E-state index in [1.807, 2.05) is 0 Å². The molecule has 1 aliphatic heterocycles. The number of methoxy groups -OCH3 is 1. The zero-order valence-corrected chi connectivity index (χ0v) is 12.7. The Morgan fingerprint density at radius 2 is 1.95 bits per heavy atom. The summed E-state index contributed by atoms with van der Waals surface area (Å²) in [4.78, 5) is 0. The number of nitrogens with two attached hydrogens (primary N) is 1. The van der Waals surface area contributed by atoms with Crippen LogP contribution in [-0.4, -0.2) is 26.9 Å². The van der Waals surface area contributed by atoms with E-state index in [-0.39, 0.29) is 10.8 Å². The molecule has 3 heteroatoms. The smallest absolute Gasteiger partial charge is 0.123 e. The first-order valence-electron chi connectivity index (χ1n) is 6.81. The Kier molecular flexibility index (Phi) is 3.63. The van der Waals surface area contributed by atoms with Crippen molar-refractivity contribution in [2.24, 2.45) is 11.1 Å². The van der Waals surface area contributed by atoms with Gasteiger partial charge in [-0.1, -0.05) is 19.9 Å². The highest BCUT2D eigenvalue weighted by Gasteiger charge is 2.53. The van der Waals surface area contributed by atoms with Crippen molar-refractivity contribution in [2.45, 2.75) is 33.1 Å². The van der Waals surface area contributed by atoms with Crippen molar-refractivity contribution in [3.05, 3.63) is 28.8 Å². The highest BCUT2D eigenvalue weighted by Crippen LogP contribution is 2.51. The Hall–Kier alpha value is -1.06. The van der Waals surface area contributed by atoms with Crippen molar-refractivity contribution >= 4 is 0 Å². The standard InChI is InChI=1S/C16H25NO2/c1-11-6-12(2)14(13(7-11)18-5)16(9-19-10-16)15(3,4)8-17/h6-7H,8-10,17H2,1-5H3. The lowest BCUT2D eigenvalue weighted by Crippen LogP contribution is -2.59. The van der Waals surface area contributed by atoms with Gasteiger partial charge in [-0.05, 0) is 43.0 Å². The summed E-state index contributed by atoms with van der Waals surface area (Å²) in [6.07, 6.45) is 0. The van der Waals surface area contributed by atoms with Gasteiger partial charge in [0.2, 0.25) is 0 Å². The largest absolute Gasteiger partial charge is 0.496 e. The number of hydrogen-bond acceptors (Lipinski definition) is 3. The van der Waals surface area contributed by atoms with Gasteiger partial charge in [-0.25, -0.2) is 0 Å². The van der Waals surface area contributed by atoms with E-state index in [1.165, 1.54) is 16.7 Å². The topological polar surface area (TPSA) is 44.5 Å². The molecule has 0 atom stereocenters. The molecule has 0 spiro atoms. The Balaban J connectivity index is 2.62. The van der Waals surface area contributed by atoms with Crippen LogP contribution in [0, 0.1) is 19.3 Å². The summed E-state index contributed by atoms with van der Waals surface area (Å²) >= 11 is 0. The van der Waals surface area contributed by atoms with Crippen molar-refractivity contribution in [1.82, 2.24) is 0 Å². The second-order valence-electron chi connectivity index (χ2n) is 6.32. The maximum atomic E-state index is 6.01. The normalized spacial score (nSPS) is 18.0. The zero-order valence-electron chi connectivity index (χ0n) is 12.7. The van der Waals surface area contributed by atoms with E-state index < -0.39 is 0 Å². The average molecular weight is 263 g/mol. The van der Waals surface area contributed by atoms with Crippen molar-refractivity contribution in [3.63, 3.8) is 0 Å². The molecular formula is C16H25NO2. The monoisotopic (exact) mass is 263 g/mol. The molecule has 0 unspecified atom stereocenters. The van der Waals surface area contributed by atoms with E-state index in [0.29, 0.717) is 6.54 Å². The van der Waals surface area contributed by atoms with Crippen molar-refractivity contribution in [3.8, 4) is 5.75 Å². The molecule has 0 bridgehead atoms. The molecule has 0 radical (unpaired) electrons. The van der Waals surface area contributed by atoms with E-state index in [1.54, 1.807) is 7.11 Å². The van der Waals surface area contributed by atoms with Crippen LogP contribution in [0.5, 0.6) is 5.75 Å². The molecule has 1 aromatic rings. The van der Waals surface area contributed by atoms with Gasteiger partial charge in [0, 0.05) is 5.56 Å². The Morgan fingerprint density at radius 3 is 2.37 bits per heavy atom. The Morgan fingerprint density at radius 1 is 1.32 bits per heavy atom. The fourth-order valence-electron chi connectivity index (χ4n) is 3.08. The first-order chi connectivity index (χ1) is 8.88. The number of benzene rings is 1. The minimum absolute atomic E-state index is 0.0153. The number of ether oxygens (including phenoxy) is 2. The molecule has 1 heterocycles. The second kappa shape index (κ2) is 4.80. The maximum absolute atomic E-state index is 6.01. The average Bonchev–Trinajstić information content (AvgIpc) is 2.29. The predicted molar refractivity (Wildman–Crippen MR) is 77.8 cm³/mol. The highest BCUT2D eigenvalue weighted by atomic mass is 16.5. The van der Waals surface area contributed by atoms with Crippen LogP contribution in [0.3, 0.4) is 0 Å². The molecule has 2 rings (SSSR count). The third kappa shape index (κ3) is 2.05. The van der Waals surface area contributed by atoms with Crippen LogP contribution in [-0.2, 0) is 10.2 Å². The van der Waals surface area contributed by atoms with Crippen molar-refractivity contribution in [2.75, 3.05) is 26.9 Å². The molecule has 0 aromatic heterocycles. The van der Waals surface area contributed by atoms with Gasteiger partial charge in [0.05, 0.1) is 25.7 Å². The number of rotatable bonds is 4. The lowest BCUT2D eigenvalue weighted by atomic mass is 9.59. The molecule has 1 aromatic carbocycles. The maximum Gasteiger partial charge on any atom is 0.123 e. The van der Waals surface area contributed by atoms with Gasteiger partial charge in [0.15, 0.2) is 0 Å². The second-order valence-corrected chi connectivity index (χ2v) is 6.32. The van der Waals surface area contributed by atoms with E-state index in [0.717, 1.165) is 19.0 Å². The van der Waals surface area contributed by atoms with Crippen LogP contribution in [0.15, 0.2) is 12.1 Å². The molecule has 2 N–H and O–H groups in total. The third-order valence-corrected chi connectivity index (χ3v) is 4.64. The summed E-state index contributed by atoms with van der Waals surface area (Å²) in [5, 5.41) is 0. The fraction of sp³-hybridized carbons (Fsp3) is 0.625.